The smallest absolute Gasteiger partial charge is 0.191 e. The predicted octanol–water partition coefficient (Wildman–Crippen LogP) is 3.29. The second-order valence-electron chi connectivity index (χ2n) is 4.87. The molecular weight excluding hydrogens is 409 g/mol. The maximum absolute atomic E-state index is 4.54. The number of thiazole rings is 1. The Hall–Kier alpha value is -1.09. The van der Waals surface area contributed by atoms with Gasteiger partial charge in [-0.3, -0.25) is 4.99 Å². The van der Waals surface area contributed by atoms with Gasteiger partial charge in [-0.15, -0.1) is 24.0 Å². The van der Waals surface area contributed by atoms with Gasteiger partial charge >= 0.3 is 0 Å². The molecule has 3 N–H and O–H groups in total. The van der Waals surface area contributed by atoms with E-state index in [2.05, 4.69) is 45.8 Å². The van der Waals surface area contributed by atoms with E-state index >= 15 is 0 Å². The topological polar surface area (TPSA) is 61.3 Å². The van der Waals surface area contributed by atoms with Gasteiger partial charge in [0.2, 0.25) is 0 Å². The molecule has 22 heavy (non-hydrogen) atoms. The van der Waals surface area contributed by atoms with Gasteiger partial charge in [0.1, 0.15) is 0 Å². The van der Waals surface area contributed by atoms with Gasteiger partial charge in [-0.05, 0) is 25.5 Å². The molecular formula is C15H24IN5S. The van der Waals surface area contributed by atoms with Crippen LogP contribution in [0.4, 0.5) is 5.13 Å². The average Bonchev–Trinajstić information content (AvgIpc) is 2.92. The second kappa shape index (κ2) is 9.83. The number of hydrogen-bond acceptors (Lipinski definition) is 4. The summed E-state index contributed by atoms with van der Waals surface area (Å²) in [5, 5.41) is 10.9. The van der Waals surface area contributed by atoms with Crippen LogP contribution < -0.4 is 16.0 Å². The molecule has 2 rings (SSSR count). The van der Waals surface area contributed by atoms with Crippen molar-refractivity contribution in [2.75, 3.05) is 25.5 Å². The van der Waals surface area contributed by atoms with Crippen molar-refractivity contribution < 1.29 is 0 Å². The van der Waals surface area contributed by atoms with Crippen LogP contribution in [-0.2, 0) is 0 Å². The van der Waals surface area contributed by atoms with E-state index in [0.717, 1.165) is 36.1 Å². The van der Waals surface area contributed by atoms with Crippen molar-refractivity contribution in [3.8, 4) is 0 Å². The van der Waals surface area contributed by atoms with Crippen LogP contribution in [0, 0.1) is 0 Å². The minimum atomic E-state index is 0. The molecule has 0 fully saturated rings. The quantitative estimate of drug-likeness (QED) is 0.283. The van der Waals surface area contributed by atoms with Gasteiger partial charge in [0.15, 0.2) is 11.1 Å². The molecule has 1 aromatic heterocycles. The van der Waals surface area contributed by atoms with Crippen LogP contribution in [0.15, 0.2) is 29.3 Å². The molecule has 0 aliphatic heterocycles. The first-order valence-electron chi connectivity index (χ1n) is 7.29. The normalized spacial score (nSPS) is 12.6. The monoisotopic (exact) mass is 433 g/mol. The largest absolute Gasteiger partial charge is 0.360 e. The Bertz CT molecular complexity index is 565. The van der Waals surface area contributed by atoms with Crippen LogP contribution in [0.5, 0.6) is 0 Å². The van der Waals surface area contributed by atoms with Crippen molar-refractivity contribution in [2.45, 2.75) is 26.3 Å². The van der Waals surface area contributed by atoms with Gasteiger partial charge in [-0.25, -0.2) is 4.98 Å². The summed E-state index contributed by atoms with van der Waals surface area (Å²) < 4.78 is 1.21. The van der Waals surface area contributed by atoms with Crippen molar-refractivity contribution in [3.63, 3.8) is 0 Å². The Morgan fingerprint density at radius 2 is 2.09 bits per heavy atom. The summed E-state index contributed by atoms with van der Waals surface area (Å²) in [6, 6.07) is 8.60. The number of benzene rings is 1. The van der Waals surface area contributed by atoms with Gasteiger partial charge < -0.3 is 16.0 Å². The van der Waals surface area contributed by atoms with Gasteiger partial charge in [0.25, 0.3) is 0 Å². The highest BCUT2D eigenvalue weighted by atomic mass is 127. The fraction of sp³-hybridized carbons (Fsp3) is 0.467. The highest BCUT2D eigenvalue weighted by Crippen LogP contribution is 2.24. The number of nitrogens with one attached hydrogen (secondary N) is 3. The van der Waals surface area contributed by atoms with E-state index in [0.29, 0.717) is 6.04 Å². The fourth-order valence-corrected chi connectivity index (χ4v) is 2.72. The van der Waals surface area contributed by atoms with Gasteiger partial charge in [-0.2, -0.15) is 0 Å². The van der Waals surface area contributed by atoms with Gasteiger partial charge in [-0.1, -0.05) is 30.4 Å². The molecule has 0 aliphatic rings. The van der Waals surface area contributed by atoms with Crippen molar-refractivity contribution in [1.82, 2.24) is 15.6 Å². The number of aromatic nitrogens is 1. The third-order valence-electron chi connectivity index (χ3n) is 3.21. The fourth-order valence-electron chi connectivity index (χ4n) is 1.83. The summed E-state index contributed by atoms with van der Waals surface area (Å²) in [5.74, 6) is 0.843. The number of para-hydroxylation sites is 1. The zero-order chi connectivity index (χ0) is 15.1. The first-order chi connectivity index (χ1) is 10.2. The van der Waals surface area contributed by atoms with Crippen LogP contribution in [-0.4, -0.2) is 37.1 Å². The van der Waals surface area contributed by atoms with E-state index in [-0.39, 0.29) is 24.0 Å². The second-order valence-corrected chi connectivity index (χ2v) is 5.90. The zero-order valence-corrected chi connectivity index (χ0v) is 16.4. The summed E-state index contributed by atoms with van der Waals surface area (Å²) in [5.41, 5.74) is 1.05. The molecule has 0 aliphatic carbocycles. The Morgan fingerprint density at radius 3 is 2.77 bits per heavy atom. The summed E-state index contributed by atoms with van der Waals surface area (Å²) in [6.45, 7) is 5.90. The Kier molecular flexibility index (Phi) is 8.47. The van der Waals surface area contributed by atoms with Crippen molar-refractivity contribution in [3.05, 3.63) is 24.3 Å². The third-order valence-corrected chi connectivity index (χ3v) is 4.20. The molecule has 0 spiro atoms. The minimum Gasteiger partial charge on any atom is -0.360 e. The molecule has 7 heteroatoms. The lowest BCUT2D eigenvalue weighted by Gasteiger charge is -2.16. The first-order valence-corrected chi connectivity index (χ1v) is 8.11. The number of rotatable bonds is 6. The Labute approximate surface area is 153 Å². The first kappa shape index (κ1) is 19.0. The number of hydrogen-bond donors (Lipinski definition) is 3. The number of fused-ring (bicyclic) bond motifs is 1. The molecule has 2 aromatic rings. The van der Waals surface area contributed by atoms with E-state index < -0.39 is 0 Å². The minimum absolute atomic E-state index is 0. The molecule has 0 saturated heterocycles. The Balaban J connectivity index is 0.00000242. The third kappa shape index (κ3) is 5.60. The molecule has 5 nitrogen and oxygen atoms in total. The van der Waals surface area contributed by atoms with Crippen LogP contribution in [0.1, 0.15) is 20.3 Å². The molecule has 0 amide bonds. The maximum Gasteiger partial charge on any atom is 0.191 e. The lowest BCUT2D eigenvalue weighted by molar-refractivity contribution is 0.625. The van der Waals surface area contributed by atoms with E-state index in [9.17, 15) is 0 Å². The summed E-state index contributed by atoms with van der Waals surface area (Å²) >= 11 is 1.68. The lowest BCUT2D eigenvalue weighted by atomic mass is 10.3. The average molecular weight is 433 g/mol. The lowest BCUT2D eigenvalue weighted by Crippen LogP contribution is -2.43. The van der Waals surface area contributed by atoms with Gasteiger partial charge in [0, 0.05) is 26.2 Å². The SMILES string of the molecule is CCC(C)NC(=NC)NCCNc1nc2ccccc2s1.I. The predicted molar refractivity (Wildman–Crippen MR) is 108 cm³/mol. The number of aliphatic imine (C=N–C) groups is 1. The van der Waals surface area contributed by atoms with Gasteiger partial charge in [0.05, 0.1) is 10.2 Å². The highest BCUT2D eigenvalue weighted by molar-refractivity contribution is 14.0. The standard InChI is InChI=1S/C15H23N5S.HI/c1-4-11(2)19-14(16-3)17-9-10-18-15-20-12-7-5-6-8-13(12)21-15;/h5-8,11H,4,9-10H2,1-3H3,(H,18,20)(H2,16,17,19);1H. The highest BCUT2D eigenvalue weighted by Gasteiger charge is 2.03. The number of nitrogens with zero attached hydrogens (tertiary/aromatic N) is 2. The van der Waals surface area contributed by atoms with Crippen molar-refractivity contribution in [1.29, 1.82) is 0 Å². The van der Waals surface area contributed by atoms with E-state index in [1.807, 2.05) is 18.2 Å². The zero-order valence-electron chi connectivity index (χ0n) is 13.2. The van der Waals surface area contributed by atoms with Crippen LogP contribution in [0.25, 0.3) is 10.2 Å². The number of guanidine groups is 1. The maximum atomic E-state index is 4.54. The van der Waals surface area contributed by atoms with E-state index in [4.69, 9.17) is 0 Å². The molecule has 122 valence electrons. The number of halogens is 1. The summed E-state index contributed by atoms with van der Waals surface area (Å²) in [4.78, 5) is 8.75. The van der Waals surface area contributed by atoms with E-state index in [1.54, 1.807) is 18.4 Å². The summed E-state index contributed by atoms with van der Waals surface area (Å²) in [6.07, 6.45) is 1.07. The molecule has 1 unspecified atom stereocenters. The Morgan fingerprint density at radius 1 is 1.32 bits per heavy atom. The molecule has 0 radical (unpaired) electrons. The van der Waals surface area contributed by atoms with E-state index in [1.165, 1.54) is 4.70 Å². The number of anilines is 1. The molecule has 1 heterocycles. The van der Waals surface area contributed by atoms with Crippen LogP contribution >= 0.6 is 35.3 Å². The molecule has 1 aromatic carbocycles. The molecule has 0 bridgehead atoms. The van der Waals surface area contributed by atoms with Crippen LogP contribution in [0.2, 0.25) is 0 Å². The molecule has 1 atom stereocenters. The van der Waals surface area contributed by atoms with Crippen LogP contribution in [0.3, 0.4) is 0 Å². The molecule has 0 saturated carbocycles. The van der Waals surface area contributed by atoms with Crippen molar-refractivity contribution >= 4 is 56.6 Å². The summed E-state index contributed by atoms with van der Waals surface area (Å²) in [7, 11) is 1.79. The van der Waals surface area contributed by atoms with Crippen molar-refractivity contribution in [2.24, 2.45) is 4.99 Å².